The molecule has 3 heterocycles. The summed E-state index contributed by atoms with van der Waals surface area (Å²) in [5.41, 5.74) is 4.35. The third kappa shape index (κ3) is 2.82. The monoisotopic (exact) mass is 395 g/mol. The first kappa shape index (κ1) is 17.7. The van der Waals surface area contributed by atoms with Crippen LogP contribution in [-0.2, 0) is 17.8 Å². The first-order chi connectivity index (χ1) is 13.5. The van der Waals surface area contributed by atoms with Gasteiger partial charge in [-0.1, -0.05) is 0 Å². The van der Waals surface area contributed by atoms with Crippen molar-refractivity contribution < 1.29 is 4.21 Å². The van der Waals surface area contributed by atoms with Crippen molar-refractivity contribution in [3.8, 4) is 11.1 Å². The number of fused-ring (bicyclic) bond motifs is 1. The molecule has 1 saturated heterocycles. The maximum atomic E-state index is 12.5. The predicted octanol–water partition coefficient (Wildman–Crippen LogP) is 3.65. The molecule has 1 atom stereocenters. The average Bonchev–Trinajstić information content (AvgIpc) is 3.24. The van der Waals surface area contributed by atoms with E-state index in [1.165, 1.54) is 31.4 Å². The van der Waals surface area contributed by atoms with Crippen LogP contribution < -0.4 is 10.5 Å². The molecule has 0 bridgehead atoms. The Morgan fingerprint density at radius 3 is 2.71 bits per heavy atom. The summed E-state index contributed by atoms with van der Waals surface area (Å²) in [6.45, 7) is 2.14. The summed E-state index contributed by atoms with van der Waals surface area (Å²) in [6.07, 6.45) is 10.7. The molecule has 1 aliphatic heterocycles. The van der Waals surface area contributed by atoms with Crippen LogP contribution in [0.5, 0.6) is 0 Å². The number of nitrogens with one attached hydrogen (secondary N) is 1. The number of H-pyrrole nitrogens is 1. The molecule has 1 unspecified atom stereocenters. The van der Waals surface area contributed by atoms with Crippen molar-refractivity contribution in [2.75, 3.05) is 24.2 Å². The molecule has 2 aliphatic rings. The molecule has 6 heteroatoms. The van der Waals surface area contributed by atoms with Crippen LogP contribution in [0, 0.1) is 5.41 Å². The Morgan fingerprint density at radius 2 is 1.96 bits per heavy atom. The van der Waals surface area contributed by atoms with Gasteiger partial charge in [-0.05, 0) is 55.4 Å². The predicted molar refractivity (Wildman–Crippen MR) is 114 cm³/mol. The zero-order valence-corrected chi connectivity index (χ0v) is 17.1. The molecule has 2 aromatic heterocycles. The molecule has 1 spiro atoms. The van der Waals surface area contributed by atoms with Crippen molar-refractivity contribution in [1.29, 1.82) is 0 Å². The highest BCUT2D eigenvalue weighted by Gasteiger charge is 2.45. The Bertz CT molecular complexity index is 1160. The Hall–Kier alpha value is -2.34. The first-order valence-electron chi connectivity index (χ1n) is 9.87. The topological polar surface area (TPSA) is 58.1 Å². The van der Waals surface area contributed by atoms with E-state index in [0.29, 0.717) is 10.9 Å². The number of hydrogen-bond donors (Lipinski definition) is 1. The molecule has 28 heavy (non-hydrogen) atoms. The number of nitrogens with zero attached hydrogens (tertiary/aromatic N) is 2. The van der Waals surface area contributed by atoms with Crippen LogP contribution in [0.2, 0.25) is 0 Å². The van der Waals surface area contributed by atoms with Crippen molar-refractivity contribution in [3.63, 3.8) is 0 Å². The van der Waals surface area contributed by atoms with Crippen LogP contribution in [0.4, 0.5) is 5.69 Å². The summed E-state index contributed by atoms with van der Waals surface area (Å²) < 4.78 is 13.8. The number of aryl methyl sites for hydroxylation is 1. The zero-order valence-electron chi connectivity index (χ0n) is 16.3. The Balaban J connectivity index is 1.73. The highest BCUT2D eigenvalue weighted by Crippen LogP contribution is 2.53. The molecule has 1 saturated carbocycles. The highest BCUT2D eigenvalue weighted by molar-refractivity contribution is 7.84. The van der Waals surface area contributed by atoms with E-state index in [1.54, 1.807) is 17.9 Å². The first-order valence-corrected chi connectivity index (χ1v) is 11.4. The summed E-state index contributed by atoms with van der Waals surface area (Å²) in [4.78, 5) is 18.9. The van der Waals surface area contributed by atoms with Gasteiger partial charge in [-0.25, -0.2) is 0 Å². The summed E-state index contributed by atoms with van der Waals surface area (Å²) in [6, 6.07) is 8.12. The maximum absolute atomic E-state index is 12.5. The molecular weight excluding hydrogens is 370 g/mol. The van der Waals surface area contributed by atoms with Gasteiger partial charge < -0.3 is 14.5 Å². The lowest BCUT2D eigenvalue weighted by Gasteiger charge is -2.36. The fourth-order valence-corrected chi connectivity index (χ4v) is 5.21. The SMILES string of the molecule is Cn1cc(-c2cc(S(C)=O)ccc2N2CCCC3(CC3)C2)c2cc[nH]c2c1=O. The van der Waals surface area contributed by atoms with Crippen molar-refractivity contribution in [1.82, 2.24) is 9.55 Å². The van der Waals surface area contributed by atoms with E-state index in [2.05, 4.69) is 16.0 Å². The standard InChI is InChI=1S/C22H25N3O2S/c1-24-13-18(16-6-10-23-20(16)21(24)26)17-12-15(28(2)27)4-5-19(17)25-11-3-7-22(14-25)8-9-22/h4-6,10,12-13,23H,3,7-9,11,14H2,1-2H3. The molecule has 1 aromatic carbocycles. The minimum absolute atomic E-state index is 0.0320. The summed E-state index contributed by atoms with van der Waals surface area (Å²) in [5.74, 6) is 0. The quantitative estimate of drug-likeness (QED) is 0.736. The smallest absolute Gasteiger partial charge is 0.274 e. The Labute approximate surface area is 166 Å². The van der Waals surface area contributed by atoms with E-state index in [-0.39, 0.29) is 5.56 Å². The van der Waals surface area contributed by atoms with Crippen LogP contribution in [0.15, 0.2) is 46.3 Å². The fourth-order valence-electron chi connectivity index (χ4n) is 4.67. The lowest BCUT2D eigenvalue weighted by atomic mass is 9.93. The molecule has 1 aliphatic carbocycles. The highest BCUT2D eigenvalue weighted by atomic mass is 32.2. The van der Waals surface area contributed by atoms with Gasteiger partial charge in [0.2, 0.25) is 0 Å². The summed E-state index contributed by atoms with van der Waals surface area (Å²) in [5, 5.41) is 0.918. The number of benzene rings is 1. The number of pyridine rings is 1. The van der Waals surface area contributed by atoms with Gasteiger partial charge in [-0.15, -0.1) is 0 Å². The maximum Gasteiger partial charge on any atom is 0.274 e. The number of piperidine rings is 1. The molecule has 0 amide bonds. The van der Waals surface area contributed by atoms with Crippen molar-refractivity contribution in [2.24, 2.45) is 12.5 Å². The van der Waals surface area contributed by atoms with E-state index < -0.39 is 10.8 Å². The zero-order chi connectivity index (χ0) is 19.5. The van der Waals surface area contributed by atoms with E-state index in [1.807, 2.05) is 30.6 Å². The average molecular weight is 396 g/mol. The lowest BCUT2D eigenvalue weighted by molar-refractivity contribution is 0.395. The largest absolute Gasteiger partial charge is 0.370 e. The fraction of sp³-hybridized carbons (Fsp3) is 0.409. The summed E-state index contributed by atoms with van der Waals surface area (Å²) >= 11 is 0. The molecular formula is C22H25N3O2S. The van der Waals surface area contributed by atoms with Crippen molar-refractivity contribution >= 4 is 27.4 Å². The minimum atomic E-state index is -1.06. The Kier molecular flexibility index (Phi) is 4.02. The van der Waals surface area contributed by atoms with Crippen LogP contribution >= 0.6 is 0 Å². The molecule has 146 valence electrons. The Morgan fingerprint density at radius 1 is 1.14 bits per heavy atom. The number of aromatic amines is 1. The normalized spacial score (nSPS) is 19.3. The molecule has 2 fully saturated rings. The number of aromatic nitrogens is 2. The lowest BCUT2D eigenvalue weighted by Crippen LogP contribution is -2.36. The third-order valence-electron chi connectivity index (χ3n) is 6.44. The van der Waals surface area contributed by atoms with Gasteiger partial charge in [-0.3, -0.25) is 9.00 Å². The van der Waals surface area contributed by atoms with Gasteiger partial charge in [0.15, 0.2) is 0 Å². The van der Waals surface area contributed by atoms with Gasteiger partial charge in [0, 0.05) is 76.7 Å². The number of rotatable bonds is 3. The van der Waals surface area contributed by atoms with Gasteiger partial charge >= 0.3 is 0 Å². The van der Waals surface area contributed by atoms with Gasteiger partial charge in [0.25, 0.3) is 5.56 Å². The number of hydrogen-bond acceptors (Lipinski definition) is 3. The summed E-state index contributed by atoms with van der Waals surface area (Å²) in [7, 11) is 0.728. The van der Waals surface area contributed by atoms with Crippen LogP contribution in [0.25, 0.3) is 22.0 Å². The van der Waals surface area contributed by atoms with Crippen LogP contribution in [0.1, 0.15) is 25.7 Å². The second kappa shape index (κ2) is 6.34. The van der Waals surface area contributed by atoms with E-state index in [9.17, 15) is 9.00 Å². The molecule has 5 nitrogen and oxygen atoms in total. The van der Waals surface area contributed by atoms with Crippen molar-refractivity contribution in [2.45, 2.75) is 30.6 Å². The minimum Gasteiger partial charge on any atom is -0.370 e. The van der Waals surface area contributed by atoms with Gasteiger partial charge in [0.1, 0.15) is 5.52 Å². The van der Waals surface area contributed by atoms with Gasteiger partial charge in [-0.2, -0.15) is 0 Å². The van der Waals surface area contributed by atoms with Crippen LogP contribution in [-0.4, -0.2) is 33.1 Å². The van der Waals surface area contributed by atoms with E-state index in [0.717, 1.165) is 34.5 Å². The molecule has 0 radical (unpaired) electrons. The van der Waals surface area contributed by atoms with Gasteiger partial charge in [0.05, 0.1) is 0 Å². The molecule has 5 rings (SSSR count). The van der Waals surface area contributed by atoms with E-state index in [4.69, 9.17) is 0 Å². The molecule has 3 aromatic rings. The number of anilines is 1. The van der Waals surface area contributed by atoms with E-state index >= 15 is 0 Å². The van der Waals surface area contributed by atoms with Crippen molar-refractivity contribution in [3.05, 3.63) is 47.0 Å². The second-order valence-electron chi connectivity index (χ2n) is 8.38. The third-order valence-corrected chi connectivity index (χ3v) is 7.36. The molecule has 1 N–H and O–H groups in total. The van der Waals surface area contributed by atoms with Crippen LogP contribution in [0.3, 0.4) is 0 Å². The second-order valence-corrected chi connectivity index (χ2v) is 9.76.